The van der Waals surface area contributed by atoms with Gasteiger partial charge >= 0.3 is 0 Å². The molecule has 162 valence electrons. The first-order valence-electron chi connectivity index (χ1n) is 11.0. The molecule has 1 saturated heterocycles. The highest BCUT2D eigenvalue weighted by Gasteiger charge is 2.37. The maximum absolute atomic E-state index is 13.2. The van der Waals surface area contributed by atoms with Crippen LogP contribution in [0.15, 0.2) is 30.5 Å². The van der Waals surface area contributed by atoms with Crippen molar-refractivity contribution in [2.45, 2.75) is 51.4 Å². The number of fused-ring (bicyclic) bond motifs is 1. The molecule has 0 radical (unpaired) electrons. The second-order valence-electron chi connectivity index (χ2n) is 8.42. The summed E-state index contributed by atoms with van der Waals surface area (Å²) in [7, 11) is 1.84. The van der Waals surface area contributed by atoms with E-state index in [4.69, 9.17) is 4.74 Å². The van der Waals surface area contributed by atoms with Gasteiger partial charge in [-0.1, -0.05) is 18.2 Å². The molecule has 7 nitrogen and oxygen atoms in total. The molecule has 2 fully saturated rings. The van der Waals surface area contributed by atoms with Gasteiger partial charge in [0.05, 0.1) is 6.61 Å². The summed E-state index contributed by atoms with van der Waals surface area (Å²) in [5.74, 6) is 0.190. The average Bonchev–Trinajstić information content (AvgIpc) is 3.55. The van der Waals surface area contributed by atoms with E-state index in [1.54, 1.807) is 11.8 Å². The molecule has 2 aromatic rings. The Morgan fingerprint density at radius 1 is 1.27 bits per heavy atom. The van der Waals surface area contributed by atoms with Gasteiger partial charge in [-0.25, -0.2) is 0 Å². The topological polar surface area (TPSA) is 66.8 Å². The number of aromatic nitrogens is 1. The molecule has 2 amide bonds. The van der Waals surface area contributed by atoms with Crippen molar-refractivity contribution < 1.29 is 14.3 Å². The first-order chi connectivity index (χ1) is 14.5. The maximum Gasteiger partial charge on any atom is 0.253 e. The van der Waals surface area contributed by atoms with Crippen LogP contribution in [0.1, 0.15) is 31.7 Å². The second kappa shape index (κ2) is 9.18. The second-order valence-corrected chi connectivity index (χ2v) is 8.42. The minimum atomic E-state index is -0.380. The van der Waals surface area contributed by atoms with Crippen molar-refractivity contribution in [3.05, 3.63) is 36.0 Å². The first kappa shape index (κ1) is 20.9. The van der Waals surface area contributed by atoms with Crippen LogP contribution in [0.25, 0.3) is 10.9 Å². The van der Waals surface area contributed by atoms with E-state index in [1.807, 2.05) is 11.9 Å². The van der Waals surface area contributed by atoms with Gasteiger partial charge in [0.1, 0.15) is 6.10 Å². The smallest absolute Gasteiger partial charge is 0.253 e. The Hall–Kier alpha value is -2.38. The Balaban J connectivity index is 1.51. The average molecular weight is 413 g/mol. The summed E-state index contributed by atoms with van der Waals surface area (Å²) in [6.45, 7) is 5.76. The molecule has 4 rings (SSSR count). The number of morpholine rings is 1. The minimum absolute atomic E-state index is 0.0889. The molecule has 7 heteroatoms. The molecule has 1 saturated carbocycles. The number of nitrogens with one attached hydrogen (secondary N) is 1. The fraction of sp³-hybridized carbons (Fsp3) is 0.565. The molecule has 1 aliphatic carbocycles. The lowest BCUT2D eigenvalue weighted by atomic mass is 10.1. The Morgan fingerprint density at radius 2 is 2.07 bits per heavy atom. The number of carbonyl (C=O) groups is 2. The van der Waals surface area contributed by atoms with E-state index in [0.717, 1.165) is 38.9 Å². The maximum atomic E-state index is 13.2. The van der Waals surface area contributed by atoms with Gasteiger partial charge in [0, 0.05) is 69.8 Å². The molecule has 1 aliphatic heterocycles. The van der Waals surface area contributed by atoms with Crippen molar-refractivity contribution in [1.29, 1.82) is 0 Å². The molecule has 0 spiro atoms. The summed E-state index contributed by atoms with van der Waals surface area (Å²) in [6.07, 6.45) is 4.83. The third kappa shape index (κ3) is 4.68. The van der Waals surface area contributed by atoms with Gasteiger partial charge in [-0.2, -0.15) is 0 Å². The van der Waals surface area contributed by atoms with Gasteiger partial charge in [-0.15, -0.1) is 0 Å². The quantitative estimate of drug-likeness (QED) is 0.720. The summed E-state index contributed by atoms with van der Waals surface area (Å²) in [4.78, 5) is 28.4. The van der Waals surface area contributed by atoms with Crippen molar-refractivity contribution in [3.63, 3.8) is 0 Å². The zero-order valence-electron chi connectivity index (χ0n) is 18.0. The highest BCUT2D eigenvalue weighted by molar-refractivity contribution is 5.86. The van der Waals surface area contributed by atoms with E-state index in [9.17, 15) is 9.59 Å². The fourth-order valence-corrected chi connectivity index (χ4v) is 4.14. The highest BCUT2D eigenvalue weighted by Crippen LogP contribution is 2.31. The third-order valence-corrected chi connectivity index (χ3v) is 6.12. The van der Waals surface area contributed by atoms with Crippen LogP contribution >= 0.6 is 0 Å². The summed E-state index contributed by atoms with van der Waals surface area (Å²) >= 11 is 0. The van der Waals surface area contributed by atoms with Crippen molar-refractivity contribution in [2.24, 2.45) is 0 Å². The number of carbonyl (C=O) groups excluding carboxylic acids is 2. The number of ether oxygens (including phenoxy) is 1. The van der Waals surface area contributed by atoms with Crippen molar-refractivity contribution >= 4 is 22.7 Å². The van der Waals surface area contributed by atoms with E-state index >= 15 is 0 Å². The molecule has 30 heavy (non-hydrogen) atoms. The Bertz CT molecular complexity index is 899. The zero-order valence-corrected chi connectivity index (χ0v) is 18.0. The van der Waals surface area contributed by atoms with Crippen LogP contribution in [0.5, 0.6) is 0 Å². The predicted octanol–water partition coefficient (Wildman–Crippen LogP) is 1.99. The largest absolute Gasteiger partial charge is 0.366 e. The summed E-state index contributed by atoms with van der Waals surface area (Å²) in [5.41, 5.74) is 2.35. The van der Waals surface area contributed by atoms with Crippen molar-refractivity contribution in [3.8, 4) is 0 Å². The molecule has 1 aromatic carbocycles. The molecular formula is C23H32N4O3. The number of nitrogens with zero attached hydrogens (tertiary/aromatic N) is 3. The van der Waals surface area contributed by atoms with Crippen molar-refractivity contribution in [2.75, 3.05) is 33.3 Å². The monoisotopic (exact) mass is 412 g/mol. The highest BCUT2D eigenvalue weighted by atomic mass is 16.5. The molecule has 1 atom stereocenters. The molecule has 1 aromatic heterocycles. The van der Waals surface area contributed by atoms with Gasteiger partial charge in [-0.05, 0) is 30.9 Å². The molecule has 1 N–H and O–H groups in total. The van der Waals surface area contributed by atoms with Crippen LogP contribution in [0, 0.1) is 0 Å². The van der Waals surface area contributed by atoms with Gasteiger partial charge < -0.3 is 24.4 Å². The van der Waals surface area contributed by atoms with Crippen LogP contribution in [-0.4, -0.2) is 71.6 Å². The van der Waals surface area contributed by atoms with E-state index < -0.39 is 0 Å². The summed E-state index contributed by atoms with van der Waals surface area (Å²) in [5, 5.41) is 4.46. The molecule has 2 heterocycles. The van der Waals surface area contributed by atoms with Gasteiger partial charge in [-0.3, -0.25) is 9.59 Å². The number of aryl methyl sites for hydroxylation is 1. The van der Waals surface area contributed by atoms with Crippen molar-refractivity contribution in [1.82, 2.24) is 19.7 Å². The Kier molecular flexibility index (Phi) is 6.39. The van der Waals surface area contributed by atoms with Gasteiger partial charge in [0.25, 0.3) is 5.91 Å². The van der Waals surface area contributed by atoms with Crippen LogP contribution in [0.3, 0.4) is 0 Å². The molecule has 0 bridgehead atoms. The van der Waals surface area contributed by atoms with Crippen LogP contribution in [0.4, 0.5) is 0 Å². The molecule has 2 aliphatic rings. The number of hydrogen-bond donors (Lipinski definition) is 1. The lowest BCUT2D eigenvalue weighted by Gasteiger charge is -2.30. The minimum Gasteiger partial charge on any atom is -0.366 e. The number of hydrogen-bond acceptors (Lipinski definition) is 4. The normalized spacial score (nSPS) is 19.1. The summed E-state index contributed by atoms with van der Waals surface area (Å²) < 4.78 is 7.99. The zero-order chi connectivity index (χ0) is 21.1. The first-order valence-corrected chi connectivity index (χ1v) is 11.0. The lowest BCUT2D eigenvalue weighted by Crippen LogP contribution is -2.49. The lowest BCUT2D eigenvalue weighted by molar-refractivity contribution is -0.146. The van der Waals surface area contributed by atoms with Crippen LogP contribution in [-0.2, 0) is 27.4 Å². The Morgan fingerprint density at radius 3 is 2.77 bits per heavy atom. The SMILES string of the molecule is CC(=O)N(C)CCCn1cc(CN(C(=O)[C@H]2CNCCO2)C2CC2)c2ccccc21. The molecular weight excluding hydrogens is 380 g/mol. The van der Waals surface area contributed by atoms with E-state index in [0.29, 0.717) is 25.7 Å². The third-order valence-electron chi connectivity index (χ3n) is 6.12. The molecule has 0 unspecified atom stereocenters. The van der Waals surface area contributed by atoms with Gasteiger partial charge in [0.15, 0.2) is 0 Å². The van der Waals surface area contributed by atoms with E-state index in [-0.39, 0.29) is 17.9 Å². The van der Waals surface area contributed by atoms with E-state index in [1.165, 1.54) is 16.5 Å². The summed E-state index contributed by atoms with van der Waals surface area (Å²) in [6, 6.07) is 8.70. The standard InChI is InChI=1S/C23H32N4O3/c1-17(28)25(2)11-5-12-26-15-18(20-6-3-4-7-21(20)26)16-27(19-8-9-19)23(29)22-14-24-10-13-30-22/h3-4,6-7,15,19,22,24H,5,8-14,16H2,1-2H3/t22-/m1/s1. The van der Waals surface area contributed by atoms with Gasteiger partial charge in [0.2, 0.25) is 5.91 Å². The van der Waals surface area contributed by atoms with Crippen LogP contribution in [0.2, 0.25) is 0 Å². The van der Waals surface area contributed by atoms with E-state index in [2.05, 4.69) is 40.3 Å². The fourth-order valence-electron chi connectivity index (χ4n) is 4.14. The number of amides is 2. The number of benzene rings is 1. The predicted molar refractivity (Wildman–Crippen MR) is 116 cm³/mol. The number of para-hydroxylation sites is 1. The van der Waals surface area contributed by atoms with Crippen LogP contribution < -0.4 is 5.32 Å². The Labute approximate surface area is 178 Å². The number of rotatable bonds is 8.